The lowest BCUT2D eigenvalue weighted by Gasteiger charge is -2.15. The van der Waals surface area contributed by atoms with E-state index in [1.165, 1.54) is 37.5 Å². The van der Waals surface area contributed by atoms with Crippen LogP contribution in [0.2, 0.25) is 0 Å². The Hall–Kier alpha value is -4.58. The topological polar surface area (TPSA) is 145 Å². The Labute approximate surface area is 231 Å². The second-order valence-corrected chi connectivity index (χ2v) is 9.05. The number of hydrogen-bond donors (Lipinski definition) is 2. The number of nitrogens with one attached hydrogen (secondary N) is 1. The van der Waals surface area contributed by atoms with Crippen LogP contribution in [-0.2, 0) is 22.7 Å². The van der Waals surface area contributed by atoms with E-state index in [0.29, 0.717) is 28.1 Å². The molecule has 2 heterocycles. The molecule has 4 rings (SSSR count). The van der Waals surface area contributed by atoms with Gasteiger partial charge in [-0.1, -0.05) is 12.1 Å². The van der Waals surface area contributed by atoms with E-state index in [9.17, 15) is 19.2 Å². The highest BCUT2D eigenvalue weighted by molar-refractivity contribution is 9.10. The summed E-state index contributed by atoms with van der Waals surface area (Å²) in [6.45, 7) is 2.14. The SMILES string of the molecule is CCOc1cc(/C=C2\NC(=O)N(Cc3ccc(C(=O)OC)o3)C2=O)cc(Br)c1OCc1ccc(C(=O)O)cc1. The molecule has 1 saturated heterocycles. The summed E-state index contributed by atoms with van der Waals surface area (Å²) < 4.78 is 22.2. The Balaban J connectivity index is 1.51. The smallest absolute Gasteiger partial charge is 0.373 e. The number of halogens is 1. The molecule has 2 aromatic carbocycles. The predicted octanol–water partition coefficient (Wildman–Crippen LogP) is 4.60. The van der Waals surface area contributed by atoms with Crippen molar-refractivity contribution in [1.29, 1.82) is 0 Å². The number of furan rings is 1. The second kappa shape index (κ2) is 11.9. The first-order chi connectivity index (χ1) is 18.7. The number of carbonyl (C=O) groups excluding carboxylic acids is 3. The number of carboxylic acid groups (broad SMARTS) is 1. The number of amides is 3. The van der Waals surface area contributed by atoms with Gasteiger partial charge in [-0.2, -0.15) is 0 Å². The maximum atomic E-state index is 12.9. The van der Waals surface area contributed by atoms with Gasteiger partial charge in [0, 0.05) is 0 Å². The summed E-state index contributed by atoms with van der Waals surface area (Å²) in [5.74, 6) is -1.23. The average Bonchev–Trinajstić information content (AvgIpc) is 3.48. The van der Waals surface area contributed by atoms with Crippen LogP contribution in [0.25, 0.3) is 6.08 Å². The van der Waals surface area contributed by atoms with Crippen molar-refractivity contribution < 1.29 is 42.9 Å². The molecule has 11 nitrogen and oxygen atoms in total. The van der Waals surface area contributed by atoms with E-state index in [-0.39, 0.29) is 35.9 Å². The number of nitrogens with zero attached hydrogens (tertiary/aromatic N) is 1. The summed E-state index contributed by atoms with van der Waals surface area (Å²) >= 11 is 3.48. The molecule has 202 valence electrons. The van der Waals surface area contributed by atoms with E-state index in [4.69, 9.17) is 19.0 Å². The summed E-state index contributed by atoms with van der Waals surface area (Å²) in [5.41, 5.74) is 1.53. The lowest BCUT2D eigenvalue weighted by Crippen LogP contribution is -2.30. The van der Waals surface area contributed by atoms with Gasteiger partial charge in [0.15, 0.2) is 11.5 Å². The maximum absolute atomic E-state index is 12.9. The van der Waals surface area contributed by atoms with Gasteiger partial charge < -0.3 is 29.1 Å². The zero-order valence-electron chi connectivity index (χ0n) is 20.9. The maximum Gasteiger partial charge on any atom is 0.373 e. The molecule has 1 aromatic heterocycles. The quantitative estimate of drug-likeness (QED) is 0.194. The second-order valence-electron chi connectivity index (χ2n) is 8.19. The fraction of sp³-hybridized carbons (Fsp3) is 0.185. The molecule has 0 bridgehead atoms. The predicted molar refractivity (Wildman–Crippen MR) is 140 cm³/mol. The number of methoxy groups -OCH3 is 1. The molecule has 0 aliphatic carbocycles. The highest BCUT2D eigenvalue weighted by atomic mass is 79.9. The van der Waals surface area contributed by atoms with Crippen LogP contribution < -0.4 is 14.8 Å². The van der Waals surface area contributed by atoms with Crippen molar-refractivity contribution >= 4 is 45.9 Å². The molecule has 1 fully saturated rings. The summed E-state index contributed by atoms with van der Waals surface area (Å²) in [6.07, 6.45) is 1.50. The molecule has 0 spiro atoms. The Kier molecular flexibility index (Phi) is 8.35. The van der Waals surface area contributed by atoms with Crippen LogP contribution in [0.15, 0.2) is 63.1 Å². The molecule has 1 aliphatic heterocycles. The van der Waals surface area contributed by atoms with Crippen molar-refractivity contribution in [3.05, 3.63) is 86.9 Å². The van der Waals surface area contributed by atoms with Gasteiger partial charge >= 0.3 is 18.0 Å². The van der Waals surface area contributed by atoms with E-state index in [1.54, 1.807) is 24.3 Å². The van der Waals surface area contributed by atoms with Crippen LogP contribution in [0.1, 0.15) is 44.7 Å². The summed E-state index contributed by atoms with van der Waals surface area (Å²) in [6, 6.07) is 11.9. The highest BCUT2D eigenvalue weighted by Crippen LogP contribution is 2.38. The van der Waals surface area contributed by atoms with Crippen LogP contribution in [0.5, 0.6) is 11.5 Å². The van der Waals surface area contributed by atoms with Crippen LogP contribution in [0, 0.1) is 0 Å². The first-order valence-electron chi connectivity index (χ1n) is 11.6. The lowest BCUT2D eigenvalue weighted by atomic mass is 10.1. The number of esters is 1. The summed E-state index contributed by atoms with van der Waals surface area (Å²) in [7, 11) is 1.22. The number of imide groups is 1. The normalized spacial score (nSPS) is 13.9. The largest absolute Gasteiger partial charge is 0.490 e. The third kappa shape index (κ3) is 6.29. The van der Waals surface area contributed by atoms with Crippen molar-refractivity contribution in [3.63, 3.8) is 0 Å². The Bertz CT molecular complexity index is 1460. The fourth-order valence-corrected chi connectivity index (χ4v) is 4.26. The van der Waals surface area contributed by atoms with E-state index in [0.717, 1.165) is 10.5 Å². The van der Waals surface area contributed by atoms with Gasteiger partial charge in [0.25, 0.3) is 5.91 Å². The van der Waals surface area contributed by atoms with Crippen molar-refractivity contribution in [2.45, 2.75) is 20.1 Å². The van der Waals surface area contributed by atoms with Gasteiger partial charge in [0.05, 0.1) is 30.3 Å². The molecule has 0 atom stereocenters. The van der Waals surface area contributed by atoms with Crippen LogP contribution in [-0.4, -0.2) is 47.6 Å². The van der Waals surface area contributed by atoms with Crippen molar-refractivity contribution in [2.24, 2.45) is 0 Å². The fourth-order valence-electron chi connectivity index (χ4n) is 3.68. The minimum Gasteiger partial charge on any atom is -0.490 e. The van der Waals surface area contributed by atoms with E-state index in [1.807, 2.05) is 6.92 Å². The van der Waals surface area contributed by atoms with Crippen molar-refractivity contribution in [1.82, 2.24) is 10.2 Å². The number of carbonyl (C=O) groups is 4. The molecule has 0 saturated carbocycles. The van der Waals surface area contributed by atoms with Gasteiger partial charge in [0.2, 0.25) is 5.76 Å². The first kappa shape index (κ1) is 27.5. The minimum atomic E-state index is -1.01. The highest BCUT2D eigenvalue weighted by Gasteiger charge is 2.34. The third-order valence-corrected chi connectivity index (χ3v) is 6.14. The Morgan fingerprint density at radius 2 is 1.85 bits per heavy atom. The van der Waals surface area contributed by atoms with Crippen molar-refractivity contribution in [2.75, 3.05) is 13.7 Å². The molecular formula is C27H23BrN2O9. The Morgan fingerprint density at radius 1 is 1.10 bits per heavy atom. The monoisotopic (exact) mass is 598 g/mol. The number of aromatic carboxylic acids is 1. The van der Waals surface area contributed by atoms with E-state index >= 15 is 0 Å². The molecule has 0 radical (unpaired) electrons. The third-order valence-electron chi connectivity index (χ3n) is 5.55. The molecule has 1 aliphatic rings. The first-order valence-corrected chi connectivity index (χ1v) is 12.4. The summed E-state index contributed by atoms with van der Waals surface area (Å²) in [4.78, 5) is 49.0. The molecule has 0 unspecified atom stereocenters. The molecule has 12 heteroatoms. The van der Waals surface area contributed by atoms with E-state index < -0.39 is 23.9 Å². The zero-order valence-corrected chi connectivity index (χ0v) is 22.4. The van der Waals surface area contributed by atoms with Crippen LogP contribution in [0.4, 0.5) is 4.79 Å². The minimum absolute atomic E-state index is 0.0387. The standard InChI is InChI=1S/C27H23BrN2O9/c1-3-37-22-12-16(10-19(28)23(22)38-14-15-4-6-17(7-5-15)25(32)33)11-20-24(31)30(27(35)29-20)13-18-8-9-21(39-18)26(34)36-2/h4-12H,3,13-14H2,1-2H3,(H,29,35)(H,32,33)/b20-11-. The van der Waals surface area contributed by atoms with Crippen LogP contribution in [0.3, 0.4) is 0 Å². The summed E-state index contributed by atoms with van der Waals surface area (Å²) in [5, 5.41) is 11.6. The molecule has 39 heavy (non-hydrogen) atoms. The van der Waals surface area contributed by atoms with Gasteiger partial charge in [-0.05, 0) is 76.5 Å². The Morgan fingerprint density at radius 3 is 2.51 bits per heavy atom. The van der Waals surface area contributed by atoms with Gasteiger partial charge in [0.1, 0.15) is 18.1 Å². The average molecular weight is 599 g/mol. The molecule has 2 N–H and O–H groups in total. The van der Waals surface area contributed by atoms with E-state index in [2.05, 4.69) is 26.0 Å². The van der Waals surface area contributed by atoms with Gasteiger partial charge in [-0.3, -0.25) is 9.69 Å². The van der Waals surface area contributed by atoms with Gasteiger partial charge in [-0.15, -0.1) is 0 Å². The number of benzene rings is 2. The van der Waals surface area contributed by atoms with Gasteiger partial charge in [-0.25, -0.2) is 14.4 Å². The number of rotatable bonds is 10. The van der Waals surface area contributed by atoms with Crippen molar-refractivity contribution in [3.8, 4) is 11.5 Å². The zero-order chi connectivity index (χ0) is 28.1. The number of ether oxygens (including phenoxy) is 3. The number of carboxylic acids is 1. The van der Waals surface area contributed by atoms with Crippen LogP contribution >= 0.6 is 15.9 Å². The molecular weight excluding hydrogens is 576 g/mol. The molecule has 3 amide bonds. The number of hydrogen-bond acceptors (Lipinski definition) is 8. The molecule has 3 aromatic rings. The lowest BCUT2D eigenvalue weighted by molar-refractivity contribution is -0.123. The number of urea groups is 1.